The van der Waals surface area contributed by atoms with Crippen molar-refractivity contribution < 1.29 is 36.3 Å². The van der Waals surface area contributed by atoms with E-state index in [-0.39, 0.29) is 56.4 Å². The van der Waals surface area contributed by atoms with Gasteiger partial charge in [0, 0.05) is 35.5 Å². The number of furan rings is 1. The summed E-state index contributed by atoms with van der Waals surface area (Å²) in [5.41, 5.74) is 0.535. The first kappa shape index (κ1) is 28.4. The molecule has 43 heavy (non-hydrogen) atoms. The van der Waals surface area contributed by atoms with Gasteiger partial charge in [0.25, 0.3) is 11.8 Å². The number of nitrogens with zero attached hydrogens (tertiary/aromatic N) is 2. The van der Waals surface area contributed by atoms with Gasteiger partial charge in [0.2, 0.25) is 11.6 Å². The van der Waals surface area contributed by atoms with Gasteiger partial charge in [-0.05, 0) is 68.0 Å². The standard InChI is InChI=1S/C30H27F4N5O4/c1-35-26(41)22-20-10-19(17-9-21(27(42-2)36-13-17)25(40)39-29-8-7-15(11-29)12-29)24(37-14-30(32,33)34)38-28(20)43-23(22)16-3-5-18(31)6-4-16/h3-6,9-10,13,15H,7-8,11-12,14H2,1-2H3,(H,35,41)(H,37,38)(H,39,40). The van der Waals surface area contributed by atoms with Crippen LogP contribution in [0.15, 0.2) is 47.0 Å². The molecule has 0 atom stereocenters. The summed E-state index contributed by atoms with van der Waals surface area (Å²) < 4.78 is 64.7. The zero-order valence-corrected chi connectivity index (χ0v) is 23.2. The lowest BCUT2D eigenvalue weighted by molar-refractivity contribution is -0.115. The molecule has 224 valence electrons. The quantitative estimate of drug-likeness (QED) is 0.223. The van der Waals surface area contributed by atoms with Crippen molar-refractivity contribution >= 4 is 28.7 Å². The van der Waals surface area contributed by atoms with E-state index in [0.717, 1.165) is 25.7 Å². The van der Waals surface area contributed by atoms with E-state index in [2.05, 4.69) is 25.9 Å². The van der Waals surface area contributed by atoms with Crippen LogP contribution >= 0.6 is 0 Å². The highest BCUT2D eigenvalue weighted by Crippen LogP contribution is 2.52. The minimum Gasteiger partial charge on any atom is -0.480 e. The number of methoxy groups -OCH3 is 1. The van der Waals surface area contributed by atoms with Crippen LogP contribution in [0.2, 0.25) is 0 Å². The molecule has 7 rings (SSSR count). The molecule has 0 aliphatic heterocycles. The van der Waals surface area contributed by atoms with Gasteiger partial charge in [0.15, 0.2) is 0 Å². The molecule has 3 aliphatic carbocycles. The number of pyridine rings is 2. The van der Waals surface area contributed by atoms with Crippen LogP contribution in [-0.4, -0.2) is 54.2 Å². The Morgan fingerprint density at radius 2 is 1.86 bits per heavy atom. The summed E-state index contributed by atoms with van der Waals surface area (Å²) in [6.45, 7) is -1.41. The van der Waals surface area contributed by atoms with Crippen LogP contribution in [-0.2, 0) is 0 Å². The number of hydrogen-bond donors (Lipinski definition) is 3. The second-order valence-electron chi connectivity index (χ2n) is 10.9. The Labute approximate surface area is 243 Å². The van der Waals surface area contributed by atoms with E-state index in [4.69, 9.17) is 9.15 Å². The van der Waals surface area contributed by atoms with E-state index in [1.807, 2.05) is 0 Å². The third-order valence-corrected chi connectivity index (χ3v) is 8.07. The minimum absolute atomic E-state index is 0.0540. The number of nitrogens with one attached hydrogen (secondary N) is 3. The number of rotatable bonds is 8. The second-order valence-corrected chi connectivity index (χ2v) is 10.9. The summed E-state index contributed by atoms with van der Waals surface area (Å²) in [5, 5.41) is 8.14. The van der Waals surface area contributed by atoms with Crippen LogP contribution in [0, 0.1) is 11.7 Å². The molecule has 3 aromatic heterocycles. The molecule has 0 unspecified atom stereocenters. The van der Waals surface area contributed by atoms with Crippen molar-refractivity contribution in [2.75, 3.05) is 26.0 Å². The number of halogens is 4. The normalized spacial score (nSPS) is 19.2. The van der Waals surface area contributed by atoms with E-state index < -0.39 is 30.4 Å². The molecule has 3 aliphatic rings. The van der Waals surface area contributed by atoms with Gasteiger partial charge in [-0.1, -0.05) is 0 Å². The van der Waals surface area contributed by atoms with E-state index in [9.17, 15) is 27.2 Å². The number of carbonyl (C=O) groups is 2. The molecular formula is C30H27F4N5O4. The molecular weight excluding hydrogens is 570 g/mol. The lowest BCUT2D eigenvalue weighted by Gasteiger charge is -2.39. The van der Waals surface area contributed by atoms with Crippen molar-refractivity contribution in [3.63, 3.8) is 0 Å². The number of carbonyl (C=O) groups excluding carboxylic acids is 2. The minimum atomic E-state index is -4.58. The van der Waals surface area contributed by atoms with Gasteiger partial charge in [0.05, 0.1) is 18.1 Å². The van der Waals surface area contributed by atoms with Crippen LogP contribution in [0.4, 0.5) is 23.4 Å². The Hall–Kier alpha value is -4.68. The van der Waals surface area contributed by atoms with Crippen LogP contribution in [0.1, 0.15) is 46.4 Å². The molecule has 0 radical (unpaired) electrons. The molecule has 9 nitrogen and oxygen atoms in total. The van der Waals surface area contributed by atoms with Gasteiger partial charge >= 0.3 is 6.18 Å². The predicted octanol–water partition coefficient (Wildman–Crippen LogP) is 5.71. The SMILES string of the molecule is CNC(=O)c1c(-c2ccc(F)cc2)oc2nc(NCC(F)(F)F)c(-c3cnc(OC)c(C(=O)NC45CCC(C4)C5)c3)cc12. The Morgan fingerprint density at radius 1 is 1.12 bits per heavy atom. The fraction of sp³-hybridized carbons (Fsp3) is 0.333. The number of hydrogen-bond acceptors (Lipinski definition) is 7. The summed E-state index contributed by atoms with van der Waals surface area (Å²) in [6, 6.07) is 8.14. The van der Waals surface area contributed by atoms with Gasteiger partial charge in [-0.2, -0.15) is 18.2 Å². The highest BCUT2D eigenvalue weighted by Gasteiger charge is 2.51. The zero-order chi connectivity index (χ0) is 30.5. The van der Waals surface area contributed by atoms with Crippen molar-refractivity contribution in [1.29, 1.82) is 0 Å². The fourth-order valence-electron chi connectivity index (χ4n) is 6.05. The number of anilines is 1. The number of ether oxygens (including phenoxy) is 1. The number of alkyl halides is 3. The van der Waals surface area contributed by atoms with E-state index in [0.29, 0.717) is 11.5 Å². The second kappa shape index (κ2) is 10.5. The van der Waals surface area contributed by atoms with Crippen LogP contribution in [0.3, 0.4) is 0 Å². The van der Waals surface area contributed by atoms with Crippen molar-refractivity contribution in [2.24, 2.45) is 5.92 Å². The lowest BCUT2D eigenvalue weighted by Crippen LogP contribution is -2.51. The Kier molecular flexibility index (Phi) is 6.98. The Bertz CT molecular complexity index is 1720. The first-order chi connectivity index (χ1) is 20.5. The molecule has 0 spiro atoms. The maximum Gasteiger partial charge on any atom is 0.405 e. The third kappa shape index (κ3) is 5.35. The molecule has 3 saturated carbocycles. The highest BCUT2D eigenvalue weighted by molar-refractivity contribution is 6.11. The molecule has 0 saturated heterocycles. The van der Waals surface area contributed by atoms with Crippen LogP contribution < -0.4 is 20.7 Å². The Morgan fingerprint density at radius 3 is 2.49 bits per heavy atom. The predicted molar refractivity (Wildman–Crippen MR) is 149 cm³/mol. The number of amides is 2. The van der Waals surface area contributed by atoms with E-state index >= 15 is 0 Å². The van der Waals surface area contributed by atoms with Gasteiger partial charge in [-0.3, -0.25) is 9.59 Å². The monoisotopic (exact) mass is 597 g/mol. The smallest absolute Gasteiger partial charge is 0.405 e. The first-order valence-electron chi connectivity index (χ1n) is 13.6. The molecule has 13 heteroatoms. The van der Waals surface area contributed by atoms with Crippen LogP contribution in [0.5, 0.6) is 5.88 Å². The van der Waals surface area contributed by atoms with E-state index in [1.54, 1.807) is 0 Å². The molecule has 2 bridgehead atoms. The Balaban J connectivity index is 1.50. The lowest BCUT2D eigenvalue weighted by atomic mass is 9.77. The maximum absolute atomic E-state index is 13.6. The number of fused-ring (bicyclic) bond motifs is 2. The molecule has 3 heterocycles. The fourth-order valence-corrected chi connectivity index (χ4v) is 6.05. The van der Waals surface area contributed by atoms with Crippen molar-refractivity contribution in [3.05, 3.63) is 59.5 Å². The highest BCUT2D eigenvalue weighted by atomic mass is 19.4. The molecule has 3 N–H and O–H groups in total. The summed E-state index contributed by atoms with van der Waals surface area (Å²) in [5.74, 6) is -0.945. The van der Waals surface area contributed by atoms with Crippen LogP contribution in [0.25, 0.3) is 33.6 Å². The van der Waals surface area contributed by atoms with Gasteiger partial charge in [0.1, 0.15) is 29.5 Å². The van der Waals surface area contributed by atoms with E-state index in [1.165, 1.54) is 56.8 Å². The molecule has 3 fully saturated rings. The van der Waals surface area contributed by atoms with Crippen molar-refractivity contribution in [2.45, 2.75) is 37.4 Å². The molecule has 2 amide bonds. The van der Waals surface area contributed by atoms with Crippen molar-refractivity contribution in [1.82, 2.24) is 20.6 Å². The third-order valence-electron chi connectivity index (χ3n) is 8.07. The molecule has 4 aromatic rings. The summed E-state index contributed by atoms with van der Waals surface area (Å²) in [6.07, 6.45) is 0.510. The average Bonchev–Trinajstić information content (AvgIpc) is 3.67. The van der Waals surface area contributed by atoms with Gasteiger partial charge in [-0.25, -0.2) is 9.37 Å². The van der Waals surface area contributed by atoms with Crippen molar-refractivity contribution in [3.8, 4) is 28.3 Å². The largest absolute Gasteiger partial charge is 0.480 e. The zero-order valence-electron chi connectivity index (χ0n) is 23.2. The summed E-state index contributed by atoms with van der Waals surface area (Å²) in [4.78, 5) is 35.0. The number of benzene rings is 1. The maximum atomic E-state index is 13.6. The summed E-state index contributed by atoms with van der Waals surface area (Å²) >= 11 is 0. The van der Waals surface area contributed by atoms with Gasteiger partial charge in [-0.15, -0.1) is 0 Å². The first-order valence-corrected chi connectivity index (χ1v) is 13.6. The van der Waals surface area contributed by atoms with Gasteiger partial charge < -0.3 is 25.1 Å². The number of aromatic nitrogens is 2. The topological polar surface area (TPSA) is 118 Å². The average molecular weight is 598 g/mol. The molecule has 1 aromatic carbocycles. The summed E-state index contributed by atoms with van der Waals surface area (Å²) in [7, 11) is 2.78.